The summed E-state index contributed by atoms with van der Waals surface area (Å²) < 4.78 is 28.7. The largest absolute Gasteiger partial charge is 0.373 e. The molecule has 148 valence electrons. The fourth-order valence-corrected chi connectivity index (χ4v) is 2.01. The Bertz CT molecular complexity index is 943. The fourth-order valence-electron chi connectivity index (χ4n) is 1.62. The molecule has 0 radical (unpaired) electrons. The number of allylic oxidation sites excluding steroid dienone is 2. The molecule has 0 saturated carbocycles. The molecule has 13 nitrogen and oxygen atoms in total. The Balaban J connectivity index is 0. The summed E-state index contributed by atoms with van der Waals surface area (Å²) in [5.74, 6) is -0.185. The maximum atomic E-state index is 11.2. The highest BCUT2D eigenvalue weighted by atomic mass is 35.5. The molecule has 0 fully saturated rings. The predicted octanol–water partition coefficient (Wildman–Crippen LogP) is 3.44. The van der Waals surface area contributed by atoms with E-state index in [0.29, 0.717) is 11.1 Å². The van der Waals surface area contributed by atoms with Crippen molar-refractivity contribution >= 4 is 34.1 Å². The highest BCUT2D eigenvalue weighted by Crippen LogP contribution is 2.15. The third-order valence-electron chi connectivity index (χ3n) is 2.62. The van der Waals surface area contributed by atoms with Gasteiger partial charge in [0.1, 0.15) is 4.90 Å². The minimum absolute atomic E-state index is 0. The number of rotatable bonds is 1. The summed E-state index contributed by atoms with van der Waals surface area (Å²) in [6.07, 6.45) is 4.74. The number of carbonyl (C=O) groups excluding carboxylic acids is 2. The van der Waals surface area contributed by atoms with Crippen LogP contribution < -0.4 is 0 Å². The van der Waals surface area contributed by atoms with Crippen molar-refractivity contribution in [3.05, 3.63) is 86.4 Å². The Labute approximate surface area is 164 Å². The molecule has 0 aliphatic heterocycles. The zero-order valence-corrected chi connectivity index (χ0v) is 15.3. The second-order valence-corrected chi connectivity index (χ2v) is 5.63. The lowest BCUT2D eigenvalue weighted by molar-refractivity contribution is 0.0994. The molecule has 1 heterocycles. The summed E-state index contributed by atoms with van der Waals surface area (Å²) in [7, 11) is -4.05. The first-order valence-electron chi connectivity index (χ1n) is 6.54. The van der Waals surface area contributed by atoms with Gasteiger partial charge in [-0.2, -0.15) is 13.5 Å². The number of fused-ring (bicyclic) bond motifs is 1. The Morgan fingerprint density at radius 3 is 1.68 bits per heavy atom. The van der Waals surface area contributed by atoms with Crippen LogP contribution in [-0.2, 0) is 10.1 Å². The van der Waals surface area contributed by atoms with Gasteiger partial charge in [-0.3, -0.25) is 24.2 Å². The smallest absolute Gasteiger partial charge is 0.297 e. The van der Waals surface area contributed by atoms with Crippen LogP contribution in [0.4, 0.5) is 0 Å². The molecule has 1 aromatic heterocycles. The number of H-pyrrole nitrogens is 1. The molecule has 0 atom stereocenters. The SMILES string of the molecule is Cl.O=C1C=CC(=O)c2ccccc21.O=S(=O)(O)c1cn[nH]c1.[N-]=[N+]=N.[N-]=[N+]=[N-]. The summed E-state index contributed by atoms with van der Waals surface area (Å²) in [4.78, 5) is 25.4. The van der Waals surface area contributed by atoms with E-state index < -0.39 is 10.1 Å². The first kappa shape index (κ1) is 26.6. The maximum Gasteiger partial charge on any atom is 0.297 e. The van der Waals surface area contributed by atoms with E-state index in [1.165, 1.54) is 17.1 Å². The van der Waals surface area contributed by atoms with Crippen LogP contribution in [0.1, 0.15) is 20.7 Å². The number of ketones is 2. The maximum absolute atomic E-state index is 11.2. The van der Waals surface area contributed by atoms with Gasteiger partial charge >= 0.3 is 0 Å². The minimum Gasteiger partial charge on any atom is -0.373 e. The van der Waals surface area contributed by atoms with Gasteiger partial charge in [0.2, 0.25) is 0 Å². The lowest BCUT2D eigenvalue weighted by Crippen LogP contribution is -2.10. The molecule has 15 heteroatoms. The molecule has 1 aromatic carbocycles. The minimum atomic E-state index is -4.05. The van der Waals surface area contributed by atoms with Crippen LogP contribution >= 0.6 is 12.4 Å². The Kier molecular flexibility index (Phi) is 12.8. The van der Waals surface area contributed by atoms with Crippen molar-refractivity contribution in [1.29, 1.82) is 5.53 Å². The standard InChI is InChI=1S/C10H6O2.C3H4N2O3S.ClH.HN3.N3/c11-9-5-6-10(12)8-4-2-1-3-7(8)9;6-9(7,8)3-1-4-5-2-3;;2*1-3-2/h1-6H;1-2H,(H,4,5)(H,6,7,8);1H;1H;/q;;;;-1. The molecule has 0 bridgehead atoms. The third kappa shape index (κ3) is 9.15. The first-order chi connectivity index (χ1) is 12.7. The van der Waals surface area contributed by atoms with E-state index in [1.54, 1.807) is 29.2 Å². The van der Waals surface area contributed by atoms with Crippen LogP contribution in [0.2, 0.25) is 0 Å². The molecule has 2 aromatic rings. The van der Waals surface area contributed by atoms with E-state index in [4.69, 9.17) is 26.7 Å². The number of hydrogen-bond acceptors (Lipinski definition) is 6. The van der Waals surface area contributed by atoms with E-state index in [2.05, 4.69) is 10.2 Å². The van der Waals surface area contributed by atoms with Crippen LogP contribution in [0.15, 0.2) is 53.7 Å². The van der Waals surface area contributed by atoms with Crippen molar-refractivity contribution in [2.24, 2.45) is 0 Å². The van der Waals surface area contributed by atoms with Gasteiger partial charge in [0.25, 0.3) is 10.1 Å². The van der Waals surface area contributed by atoms with Crippen LogP contribution in [0.25, 0.3) is 26.4 Å². The van der Waals surface area contributed by atoms with Gasteiger partial charge in [-0.1, -0.05) is 24.3 Å². The second kappa shape index (κ2) is 13.5. The average Bonchev–Trinajstić information content (AvgIpc) is 3.16. The van der Waals surface area contributed by atoms with E-state index >= 15 is 0 Å². The first-order valence-corrected chi connectivity index (χ1v) is 7.98. The van der Waals surface area contributed by atoms with Crippen LogP contribution in [0.3, 0.4) is 0 Å². The normalized spacial score (nSPS) is 10.6. The zero-order chi connectivity index (χ0) is 20.9. The molecule has 3 N–H and O–H groups in total. The molecule has 1 aliphatic rings. The summed E-state index contributed by atoms with van der Waals surface area (Å²) in [6, 6.07) is 6.84. The molecule has 0 unspecified atom stereocenters. The lowest BCUT2D eigenvalue weighted by Gasteiger charge is -2.06. The Morgan fingerprint density at radius 1 is 1.04 bits per heavy atom. The van der Waals surface area contributed by atoms with Crippen molar-refractivity contribution < 1.29 is 22.6 Å². The number of aromatic nitrogens is 2. The van der Waals surface area contributed by atoms with Crippen molar-refractivity contribution in [3.8, 4) is 0 Å². The molecule has 1 aliphatic carbocycles. The van der Waals surface area contributed by atoms with Gasteiger partial charge in [0.05, 0.1) is 6.20 Å². The number of nitrogens with one attached hydrogen (secondary N) is 2. The second-order valence-electron chi connectivity index (χ2n) is 4.21. The Hall–Kier alpha value is -3.67. The molecule has 3 rings (SSSR count). The molecular weight excluding hydrogens is 416 g/mol. The quantitative estimate of drug-likeness (QED) is 0.266. The fraction of sp³-hybridized carbons (Fsp3) is 0. The molecule has 0 saturated heterocycles. The summed E-state index contributed by atoms with van der Waals surface area (Å²) in [5, 5.41) is 5.57. The van der Waals surface area contributed by atoms with E-state index in [9.17, 15) is 18.0 Å². The number of nitrogens with zero attached hydrogens (tertiary/aromatic N) is 6. The van der Waals surface area contributed by atoms with Gasteiger partial charge in [-0.25, -0.2) is 0 Å². The monoisotopic (exact) mass is 427 g/mol. The van der Waals surface area contributed by atoms with Gasteiger partial charge in [-0.15, -0.1) is 17.9 Å². The van der Waals surface area contributed by atoms with Gasteiger partial charge < -0.3 is 11.1 Å². The number of carbonyl (C=O) groups is 2. The van der Waals surface area contributed by atoms with Gasteiger partial charge in [0, 0.05) is 17.3 Å². The predicted molar refractivity (Wildman–Crippen MR) is 99.4 cm³/mol. The van der Waals surface area contributed by atoms with E-state index in [1.807, 2.05) is 0 Å². The van der Waals surface area contributed by atoms with Gasteiger partial charge in [0.15, 0.2) is 11.6 Å². The molecule has 0 amide bonds. The van der Waals surface area contributed by atoms with Gasteiger partial charge in [-0.05, 0) is 22.6 Å². The highest BCUT2D eigenvalue weighted by molar-refractivity contribution is 7.85. The summed E-state index contributed by atoms with van der Waals surface area (Å²) in [5.41, 5.74) is 26.8. The van der Waals surface area contributed by atoms with Crippen molar-refractivity contribution in [3.63, 3.8) is 0 Å². The van der Waals surface area contributed by atoms with E-state index in [0.717, 1.165) is 12.4 Å². The number of aromatic amines is 1. The highest BCUT2D eigenvalue weighted by Gasteiger charge is 2.17. The molecular formula is C13H12ClN8O5S-. The van der Waals surface area contributed by atoms with Crippen molar-refractivity contribution in [2.45, 2.75) is 4.90 Å². The Morgan fingerprint density at radius 2 is 1.43 bits per heavy atom. The number of benzene rings is 1. The van der Waals surface area contributed by atoms with Crippen LogP contribution in [-0.4, -0.2) is 34.7 Å². The zero-order valence-electron chi connectivity index (χ0n) is 13.7. The topological polar surface area (TPSA) is 236 Å². The third-order valence-corrected chi connectivity index (χ3v) is 3.43. The van der Waals surface area contributed by atoms with Crippen LogP contribution in [0, 0.1) is 5.53 Å². The average molecular weight is 428 g/mol. The molecule has 28 heavy (non-hydrogen) atoms. The van der Waals surface area contributed by atoms with Crippen molar-refractivity contribution in [1.82, 2.24) is 10.2 Å². The summed E-state index contributed by atoms with van der Waals surface area (Å²) in [6.45, 7) is 0. The lowest BCUT2D eigenvalue weighted by atomic mass is 9.95. The summed E-state index contributed by atoms with van der Waals surface area (Å²) >= 11 is 0. The van der Waals surface area contributed by atoms with Crippen LogP contribution in [0.5, 0.6) is 0 Å². The number of hydrogen-bond donors (Lipinski definition) is 3. The van der Waals surface area contributed by atoms with E-state index in [-0.39, 0.29) is 28.9 Å². The van der Waals surface area contributed by atoms with Crippen molar-refractivity contribution in [2.75, 3.05) is 0 Å². The molecule has 0 spiro atoms. The number of halogens is 1.